The van der Waals surface area contributed by atoms with Crippen molar-refractivity contribution in [2.24, 2.45) is 23.7 Å². The molecule has 0 saturated heterocycles. The zero-order chi connectivity index (χ0) is 12.8. The van der Waals surface area contributed by atoms with Gasteiger partial charge >= 0.3 is 0 Å². The number of hydrogen-bond donors (Lipinski definition) is 0. The van der Waals surface area contributed by atoms with Crippen molar-refractivity contribution in [2.75, 3.05) is 0 Å². The van der Waals surface area contributed by atoms with Gasteiger partial charge < -0.3 is 0 Å². The van der Waals surface area contributed by atoms with Gasteiger partial charge in [0.25, 0.3) is 0 Å². The molecular formula is C15H26Cl2. The third-order valence-electron chi connectivity index (χ3n) is 5.30. The summed E-state index contributed by atoms with van der Waals surface area (Å²) in [5.74, 6) is 3.01. The molecule has 2 aliphatic rings. The second-order valence-corrected chi connectivity index (χ2v) is 8.93. The Morgan fingerprint density at radius 1 is 1.06 bits per heavy atom. The molecule has 2 saturated carbocycles. The van der Waals surface area contributed by atoms with Gasteiger partial charge in [0.2, 0.25) is 0 Å². The fourth-order valence-corrected chi connectivity index (χ4v) is 4.95. The lowest BCUT2D eigenvalue weighted by molar-refractivity contribution is 0.0357. The molecule has 0 amide bonds. The lowest BCUT2D eigenvalue weighted by Gasteiger charge is -2.53. The van der Waals surface area contributed by atoms with E-state index in [1.807, 2.05) is 0 Å². The summed E-state index contributed by atoms with van der Waals surface area (Å²) >= 11 is 13.4. The van der Waals surface area contributed by atoms with Gasteiger partial charge in [-0.1, -0.05) is 13.8 Å². The summed E-state index contributed by atoms with van der Waals surface area (Å²) in [6, 6.07) is 0. The number of halogens is 2. The first-order chi connectivity index (χ1) is 7.73. The van der Waals surface area contributed by atoms with E-state index in [2.05, 4.69) is 27.7 Å². The molecule has 0 N–H and O–H groups in total. The van der Waals surface area contributed by atoms with Crippen molar-refractivity contribution in [3.8, 4) is 0 Å². The number of fused-ring (bicyclic) bond motifs is 1. The lowest BCUT2D eigenvalue weighted by Crippen LogP contribution is -2.49. The van der Waals surface area contributed by atoms with Crippen molar-refractivity contribution in [1.82, 2.24) is 0 Å². The first-order valence-corrected chi connectivity index (χ1v) is 7.86. The van der Waals surface area contributed by atoms with Crippen LogP contribution in [0.5, 0.6) is 0 Å². The summed E-state index contributed by atoms with van der Waals surface area (Å²) in [7, 11) is 0. The fraction of sp³-hybridized carbons (Fsp3) is 1.00. The van der Waals surface area contributed by atoms with Gasteiger partial charge in [-0.05, 0) is 69.6 Å². The Morgan fingerprint density at radius 3 is 2.29 bits per heavy atom. The molecule has 5 atom stereocenters. The van der Waals surface area contributed by atoms with Crippen molar-refractivity contribution >= 4 is 23.2 Å². The summed E-state index contributed by atoms with van der Waals surface area (Å²) < 4.78 is 0. The molecule has 0 bridgehead atoms. The molecule has 2 heteroatoms. The quantitative estimate of drug-likeness (QED) is 0.558. The second kappa shape index (κ2) is 4.60. The van der Waals surface area contributed by atoms with E-state index in [-0.39, 0.29) is 9.75 Å². The van der Waals surface area contributed by atoms with Crippen LogP contribution in [0.2, 0.25) is 0 Å². The molecule has 2 rings (SSSR count). The van der Waals surface area contributed by atoms with Gasteiger partial charge in [-0.25, -0.2) is 0 Å². The SMILES string of the molecule is CC(C)[C@H]1CC[C@@](C)(Cl)[C@H]2CC[C@@](C)(Cl)C[C@H]12. The standard InChI is InChI=1S/C15H26Cl2/c1-10(2)11-5-8-15(4,17)13-6-7-14(3,16)9-12(11)13/h10-13H,5-9H2,1-4H3/t11-,12-,13+,14-,15-/m1/s1. The molecule has 0 unspecified atom stereocenters. The van der Waals surface area contributed by atoms with E-state index in [1.54, 1.807) is 0 Å². The van der Waals surface area contributed by atoms with Crippen molar-refractivity contribution in [1.29, 1.82) is 0 Å². The minimum Gasteiger partial charge on any atom is -0.120 e. The third-order valence-corrected chi connectivity index (χ3v) is 6.11. The molecule has 0 aromatic carbocycles. The molecule has 0 aromatic heterocycles. The van der Waals surface area contributed by atoms with Gasteiger partial charge in [0.05, 0.1) is 0 Å². The molecule has 17 heavy (non-hydrogen) atoms. The number of alkyl halides is 2. The first kappa shape index (κ1) is 14.0. The largest absolute Gasteiger partial charge is 0.120 e. The summed E-state index contributed by atoms with van der Waals surface area (Å²) in [6.45, 7) is 9.18. The Labute approximate surface area is 116 Å². The second-order valence-electron chi connectivity index (χ2n) is 7.15. The van der Waals surface area contributed by atoms with Gasteiger partial charge in [0.1, 0.15) is 0 Å². The average molecular weight is 277 g/mol. The van der Waals surface area contributed by atoms with Crippen LogP contribution in [-0.4, -0.2) is 9.75 Å². The highest BCUT2D eigenvalue weighted by Crippen LogP contribution is 2.56. The van der Waals surface area contributed by atoms with Crippen LogP contribution < -0.4 is 0 Å². The van der Waals surface area contributed by atoms with Crippen LogP contribution in [0.1, 0.15) is 59.8 Å². The van der Waals surface area contributed by atoms with Crippen LogP contribution in [0, 0.1) is 23.7 Å². The molecule has 0 nitrogen and oxygen atoms in total. The molecule has 0 radical (unpaired) electrons. The Hall–Kier alpha value is 0.580. The third kappa shape index (κ3) is 2.78. The van der Waals surface area contributed by atoms with Gasteiger partial charge in [-0.3, -0.25) is 0 Å². The molecule has 0 spiro atoms. The van der Waals surface area contributed by atoms with E-state index < -0.39 is 0 Å². The number of hydrogen-bond acceptors (Lipinski definition) is 0. The predicted octanol–water partition coefficient (Wildman–Crippen LogP) is 5.46. The van der Waals surface area contributed by atoms with Crippen molar-refractivity contribution in [2.45, 2.75) is 69.5 Å². The highest BCUT2D eigenvalue weighted by atomic mass is 35.5. The Bertz CT molecular complexity index is 281. The zero-order valence-corrected chi connectivity index (χ0v) is 13.1. The minimum atomic E-state index is 0.0125. The first-order valence-electron chi connectivity index (χ1n) is 7.11. The summed E-state index contributed by atoms with van der Waals surface area (Å²) in [5, 5.41) is 0. The van der Waals surface area contributed by atoms with E-state index in [0.29, 0.717) is 5.92 Å². The van der Waals surface area contributed by atoms with Crippen LogP contribution >= 0.6 is 23.2 Å². The van der Waals surface area contributed by atoms with Gasteiger partial charge in [-0.15, -0.1) is 23.2 Å². The normalized spacial score (nSPS) is 51.4. The Morgan fingerprint density at radius 2 is 1.71 bits per heavy atom. The summed E-state index contributed by atoms with van der Waals surface area (Å²) in [6.07, 6.45) is 5.96. The highest BCUT2D eigenvalue weighted by molar-refractivity contribution is 6.24. The maximum atomic E-state index is 6.77. The minimum absolute atomic E-state index is 0.0125. The van der Waals surface area contributed by atoms with Crippen molar-refractivity contribution in [3.63, 3.8) is 0 Å². The molecular weight excluding hydrogens is 251 g/mol. The molecule has 2 aliphatic carbocycles. The highest BCUT2D eigenvalue weighted by Gasteiger charge is 2.50. The van der Waals surface area contributed by atoms with Crippen LogP contribution in [0.3, 0.4) is 0 Å². The van der Waals surface area contributed by atoms with E-state index in [9.17, 15) is 0 Å². The van der Waals surface area contributed by atoms with E-state index in [0.717, 1.165) is 30.6 Å². The maximum Gasteiger partial charge on any atom is 0.0449 e. The summed E-state index contributed by atoms with van der Waals surface area (Å²) in [4.78, 5) is 0.0298. The molecule has 0 aromatic rings. The Balaban J connectivity index is 2.22. The van der Waals surface area contributed by atoms with Gasteiger partial charge in [0.15, 0.2) is 0 Å². The fourth-order valence-electron chi connectivity index (χ4n) is 4.28. The van der Waals surface area contributed by atoms with Crippen molar-refractivity contribution < 1.29 is 0 Å². The van der Waals surface area contributed by atoms with E-state index in [1.165, 1.54) is 19.3 Å². The molecule has 2 fully saturated rings. The molecule has 0 heterocycles. The van der Waals surface area contributed by atoms with Crippen LogP contribution in [-0.2, 0) is 0 Å². The maximum absolute atomic E-state index is 6.77. The van der Waals surface area contributed by atoms with Gasteiger partial charge in [0, 0.05) is 9.75 Å². The van der Waals surface area contributed by atoms with Crippen molar-refractivity contribution in [3.05, 3.63) is 0 Å². The van der Waals surface area contributed by atoms with Crippen LogP contribution in [0.25, 0.3) is 0 Å². The van der Waals surface area contributed by atoms with Crippen LogP contribution in [0.4, 0.5) is 0 Å². The molecule has 0 aliphatic heterocycles. The van der Waals surface area contributed by atoms with E-state index in [4.69, 9.17) is 23.2 Å². The van der Waals surface area contributed by atoms with E-state index >= 15 is 0 Å². The number of rotatable bonds is 1. The predicted molar refractivity (Wildman–Crippen MR) is 76.9 cm³/mol. The Kier molecular flexibility index (Phi) is 3.79. The average Bonchev–Trinajstić information content (AvgIpc) is 2.14. The zero-order valence-electron chi connectivity index (χ0n) is 11.6. The smallest absolute Gasteiger partial charge is 0.0449 e. The van der Waals surface area contributed by atoms with Gasteiger partial charge in [-0.2, -0.15) is 0 Å². The topological polar surface area (TPSA) is 0 Å². The van der Waals surface area contributed by atoms with Crippen LogP contribution in [0.15, 0.2) is 0 Å². The summed E-state index contributed by atoms with van der Waals surface area (Å²) in [5.41, 5.74) is 0. The monoisotopic (exact) mass is 276 g/mol. The molecule has 100 valence electrons. The lowest BCUT2D eigenvalue weighted by atomic mass is 9.57.